The highest BCUT2D eigenvalue weighted by Gasteiger charge is 2.43. The molecule has 7 N–H and O–H groups in total. The predicted molar refractivity (Wildman–Crippen MR) is 116 cm³/mol. The maximum atomic E-state index is 13.4. The van der Waals surface area contributed by atoms with Crippen LogP contribution in [0.25, 0.3) is 0 Å². The molecule has 2 aromatic rings. The second kappa shape index (κ2) is 9.89. The second-order valence-corrected chi connectivity index (χ2v) is 9.65. The fourth-order valence-corrected chi connectivity index (χ4v) is 5.60. The van der Waals surface area contributed by atoms with E-state index in [0.717, 1.165) is 10.4 Å². The summed E-state index contributed by atoms with van der Waals surface area (Å²) in [6.07, 6.45) is 3.16. The second-order valence-electron chi connectivity index (χ2n) is 6.66. The highest BCUT2D eigenvalue weighted by molar-refractivity contribution is 7.87. The lowest BCUT2D eigenvalue weighted by atomic mass is 10.1. The SMILES string of the molecule is NN/C=C(\N)CCN1C(C(=O)Nc2ccc(F)c(Cl)c2)CC(c2nccs2)NS1(=O)=O. The first-order valence-corrected chi connectivity index (χ1v) is 11.8. The third-order valence-electron chi connectivity index (χ3n) is 4.54. The monoisotopic (exact) mass is 489 g/mol. The molecule has 1 aliphatic heterocycles. The number of hydrazine groups is 1. The number of nitrogens with one attached hydrogen (secondary N) is 3. The van der Waals surface area contributed by atoms with E-state index in [1.807, 2.05) is 0 Å². The molecule has 168 valence electrons. The molecule has 0 saturated carbocycles. The van der Waals surface area contributed by atoms with Crippen LogP contribution in [-0.4, -0.2) is 36.2 Å². The molecule has 2 atom stereocenters. The van der Waals surface area contributed by atoms with Gasteiger partial charge in [-0.25, -0.2) is 9.37 Å². The number of amides is 1. The van der Waals surface area contributed by atoms with Crippen molar-refractivity contribution in [3.63, 3.8) is 0 Å². The van der Waals surface area contributed by atoms with Crippen LogP contribution < -0.4 is 27.0 Å². The summed E-state index contributed by atoms with van der Waals surface area (Å²) >= 11 is 7.06. The molecule has 3 rings (SSSR count). The van der Waals surface area contributed by atoms with Gasteiger partial charge >= 0.3 is 0 Å². The van der Waals surface area contributed by atoms with E-state index in [4.69, 9.17) is 23.2 Å². The minimum absolute atomic E-state index is 0.0633. The molecule has 0 bridgehead atoms. The Kier molecular flexibility index (Phi) is 7.46. The number of nitrogens with zero attached hydrogens (tertiary/aromatic N) is 2. The Balaban J connectivity index is 1.87. The van der Waals surface area contributed by atoms with Crippen molar-refractivity contribution in [1.82, 2.24) is 19.4 Å². The number of hydrogen-bond donors (Lipinski definition) is 5. The topological polar surface area (TPSA) is 155 Å². The number of halogens is 2. The Morgan fingerprint density at radius 3 is 2.90 bits per heavy atom. The van der Waals surface area contributed by atoms with Crippen LogP contribution >= 0.6 is 22.9 Å². The van der Waals surface area contributed by atoms with Crippen molar-refractivity contribution in [2.24, 2.45) is 11.6 Å². The largest absolute Gasteiger partial charge is 0.401 e. The summed E-state index contributed by atoms with van der Waals surface area (Å²) in [7, 11) is -4.04. The van der Waals surface area contributed by atoms with Crippen molar-refractivity contribution >= 4 is 44.7 Å². The number of anilines is 1. The van der Waals surface area contributed by atoms with Crippen LogP contribution in [0.1, 0.15) is 23.9 Å². The van der Waals surface area contributed by atoms with Gasteiger partial charge in [0.2, 0.25) is 5.91 Å². The van der Waals surface area contributed by atoms with E-state index in [2.05, 4.69) is 20.4 Å². The quantitative estimate of drug-likeness (QED) is 0.289. The van der Waals surface area contributed by atoms with Crippen LogP contribution in [0.15, 0.2) is 41.7 Å². The van der Waals surface area contributed by atoms with Gasteiger partial charge in [0.05, 0.1) is 11.1 Å². The molecule has 0 radical (unpaired) electrons. The highest BCUT2D eigenvalue weighted by Crippen LogP contribution is 2.31. The molecule has 1 amide bonds. The fourth-order valence-electron chi connectivity index (χ4n) is 3.09. The highest BCUT2D eigenvalue weighted by atomic mass is 35.5. The zero-order chi connectivity index (χ0) is 22.6. The number of nitrogens with two attached hydrogens (primary N) is 2. The lowest BCUT2D eigenvalue weighted by Gasteiger charge is -2.37. The summed E-state index contributed by atoms with van der Waals surface area (Å²) in [5.41, 5.74) is 8.62. The van der Waals surface area contributed by atoms with Gasteiger partial charge in [0.25, 0.3) is 10.2 Å². The molecule has 1 aromatic heterocycles. The average Bonchev–Trinajstić information content (AvgIpc) is 3.24. The maximum absolute atomic E-state index is 13.4. The number of rotatable bonds is 7. The van der Waals surface area contributed by atoms with E-state index in [-0.39, 0.29) is 30.1 Å². The van der Waals surface area contributed by atoms with Gasteiger partial charge in [-0.15, -0.1) is 11.3 Å². The molecule has 1 aromatic carbocycles. The lowest BCUT2D eigenvalue weighted by molar-refractivity contribution is -0.120. The van der Waals surface area contributed by atoms with Gasteiger partial charge < -0.3 is 16.5 Å². The van der Waals surface area contributed by atoms with E-state index in [1.165, 1.54) is 29.7 Å². The molecule has 2 unspecified atom stereocenters. The van der Waals surface area contributed by atoms with Gasteiger partial charge in [-0.3, -0.25) is 10.6 Å². The molecule has 31 heavy (non-hydrogen) atoms. The smallest absolute Gasteiger partial charge is 0.280 e. The van der Waals surface area contributed by atoms with Gasteiger partial charge in [-0.1, -0.05) is 11.6 Å². The maximum Gasteiger partial charge on any atom is 0.280 e. The van der Waals surface area contributed by atoms with E-state index in [9.17, 15) is 17.6 Å². The summed E-state index contributed by atoms with van der Waals surface area (Å²) in [5, 5.41) is 4.70. The third-order valence-corrected chi connectivity index (χ3v) is 7.35. The lowest BCUT2D eigenvalue weighted by Crippen LogP contribution is -2.58. The summed E-state index contributed by atoms with van der Waals surface area (Å²) in [6, 6.07) is 1.96. The standard InChI is InChI=1S/C17H21ClFN7O3S2/c18-12-7-11(1-2-13(12)19)24-16(27)15-8-14(17-22-4-6-30-17)25-31(28,29)26(15)5-3-10(20)9-23-21/h1-2,4,6-7,9,14-15,23,25H,3,5,8,20-21H2,(H,24,27)/b10-9-. The van der Waals surface area contributed by atoms with Crippen molar-refractivity contribution in [3.05, 3.63) is 57.5 Å². The average molecular weight is 490 g/mol. The molecule has 14 heteroatoms. The Morgan fingerprint density at radius 2 is 2.26 bits per heavy atom. The van der Waals surface area contributed by atoms with E-state index >= 15 is 0 Å². The Bertz CT molecular complexity index is 1070. The molecule has 2 heterocycles. The van der Waals surface area contributed by atoms with Gasteiger partial charge in [-0.05, 0) is 24.6 Å². The molecular weight excluding hydrogens is 469 g/mol. The summed E-state index contributed by atoms with van der Waals surface area (Å²) in [4.78, 5) is 17.2. The minimum Gasteiger partial charge on any atom is -0.401 e. The van der Waals surface area contributed by atoms with Crippen LogP contribution in [0.2, 0.25) is 5.02 Å². The molecule has 0 aliphatic carbocycles. The number of thiazole rings is 1. The molecular formula is C17H21ClFN7O3S2. The normalized spacial score (nSPS) is 21.6. The summed E-state index contributed by atoms with van der Waals surface area (Å²) in [6.45, 7) is -0.0633. The third kappa shape index (κ3) is 5.70. The number of carbonyl (C=O) groups excluding carboxylic acids is 1. The number of benzene rings is 1. The van der Waals surface area contributed by atoms with Crippen LogP contribution in [-0.2, 0) is 15.0 Å². The van der Waals surface area contributed by atoms with Crippen LogP contribution in [0, 0.1) is 5.82 Å². The van der Waals surface area contributed by atoms with Crippen molar-refractivity contribution in [3.8, 4) is 0 Å². The first kappa shape index (κ1) is 23.4. The molecule has 10 nitrogen and oxygen atoms in total. The molecule has 0 spiro atoms. The Morgan fingerprint density at radius 1 is 1.48 bits per heavy atom. The first-order valence-electron chi connectivity index (χ1n) is 9.06. The predicted octanol–water partition coefficient (Wildman–Crippen LogP) is 1.18. The van der Waals surface area contributed by atoms with Gasteiger partial charge in [0.15, 0.2) is 0 Å². The van der Waals surface area contributed by atoms with Crippen LogP contribution in [0.3, 0.4) is 0 Å². The van der Waals surface area contributed by atoms with E-state index in [1.54, 1.807) is 11.6 Å². The Hall–Kier alpha value is -2.29. The fraction of sp³-hybridized carbons (Fsp3) is 0.294. The Labute approximate surface area is 187 Å². The molecule has 1 aliphatic rings. The summed E-state index contributed by atoms with van der Waals surface area (Å²) in [5.74, 6) is 3.97. The van der Waals surface area contributed by atoms with Crippen molar-refractivity contribution < 1.29 is 17.6 Å². The number of carbonyl (C=O) groups is 1. The van der Waals surface area contributed by atoms with Crippen molar-refractivity contribution in [2.75, 3.05) is 11.9 Å². The molecule has 1 fully saturated rings. The van der Waals surface area contributed by atoms with E-state index in [0.29, 0.717) is 10.7 Å². The zero-order valence-corrected chi connectivity index (χ0v) is 18.5. The number of hydrogen-bond acceptors (Lipinski definition) is 8. The van der Waals surface area contributed by atoms with E-state index < -0.39 is 34.0 Å². The van der Waals surface area contributed by atoms with Crippen LogP contribution in [0.5, 0.6) is 0 Å². The van der Waals surface area contributed by atoms with Crippen molar-refractivity contribution in [1.29, 1.82) is 0 Å². The van der Waals surface area contributed by atoms with Gasteiger partial charge in [-0.2, -0.15) is 17.4 Å². The van der Waals surface area contributed by atoms with Crippen molar-refractivity contribution in [2.45, 2.75) is 24.9 Å². The summed E-state index contributed by atoms with van der Waals surface area (Å²) < 4.78 is 43.0. The minimum atomic E-state index is -4.04. The van der Waals surface area contributed by atoms with Gasteiger partial charge in [0.1, 0.15) is 16.9 Å². The number of aromatic nitrogens is 1. The van der Waals surface area contributed by atoms with Crippen LogP contribution in [0.4, 0.5) is 10.1 Å². The molecule has 1 saturated heterocycles. The first-order chi connectivity index (χ1) is 14.7. The van der Waals surface area contributed by atoms with Gasteiger partial charge in [0, 0.05) is 42.1 Å². The zero-order valence-electron chi connectivity index (χ0n) is 16.1.